The second-order valence-electron chi connectivity index (χ2n) is 7.89. The highest BCUT2D eigenvalue weighted by Crippen LogP contribution is 2.45. The van der Waals surface area contributed by atoms with Crippen molar-refractivity contribution in [3.63, 3.8) is 0 Å². The molecule has 1 unspecified atom stereocenters. The van der Waals surface area contributed by atoms with Crippen molar-refractivity contribution >= 4 is 40.5 Å². The number of ether oxygens (including phenoxy) is 1. The molecule has 0 bridgehead atoms. The standard InChI is InChI=1S/C20H26ClN3O4S/c1-20(7-8-20)13-28-18(19(25)23-15-4-2-3-14(21)11-15)17(12-22)24-9-5-16(6-10-24)29(26)27/h2-4,11-12,16,22H,5-10,13H2,1H3,(H,23,25)(H,26,27)/b18-17-,22-12?. The van der Waals surface area contributed by atoms with Crippen molar-refractivity contribution in [2.24, 2.45) is 5.41 Å². The lowest BCUT2D eigenvalue weighted by molar-refractivity contribution is -0.116. The third-order valence-electron chi connectivity index (χ3n) is 5.39. The Morgan fingerprint density at radius 2 is 2.14 bits per heavy atom. The zero-order valence-electron chi connectivity index (χ0n) is 16.3. The van der Waals surface area contributed by atoms with E-state index in [1.54, 1.807) is 24.3 Å². The molecule has 1 saturated heterocycles. The van der Waals surface area contributed by atoms with Crippen molar-refractivity contribution in [2.75, 3.05) is 25.0 Å². The lowest BCUT2D eigenvalue weighted by Crippen LogP contribution is -2.39. The number of carbonyl (C=O) groups is 1. The molecule has 158 valence electrons. The highest BCUT2D eigenvalue weighted by atomic mass is 35.5. The summed E-state index contributed by atoms with van der Waals surface area (Å²) in [6.07, 6.45) is 4.24. The summed E-state index contributed by atoms with van der Waals surface area (Å²) in [5.74, 6) is -0.348. The number of carbonyl (C=O) groups excluding carboxylic acids is 1. The first-order chi connectivity index (χ1) is 13.8. The molecule has 3 N–H and O–H groups in total. The molecule has 1 aliphatic carbocycles. The number of anilines is 1. The number of hydrogen-bond acceptors (Lipinski definition) is 5. The number of benzene rings is 1. The summed E-state index contributed by atoms with van der Waals surface area (Å²) in [6.45, 7) is 3.47. The van der Waals surface area contributed by atoms with Crippen LogP contribution in [0, 0.1) is 10.8 Å². The summed E-state index contributed by atoms with van der Waals surface area (Å²) in [5, 5.41) is 10.9. The summed E-state index contributed by atoms with van der Waals surface area (Å²) in [5.41, 5.74) is 0.992. The lowest BCUT2D eigenvalue weighted by atomic mass is 10.1. The van der Waals surface area contributed by atoms with Gasteiger partial charge in [0.15, 0.2) is 11.1 Å². The monoisotopic (exact) mass is 439 g/mol. The molecule has 29 heavy (non-hydrogen) atoms. The van der Waals surface area contributed by atoms with Gasteiger partial charge in [-0.2, -0.15) is 0 Å². The minimum Gasteiger partial charge on any atom is -0.486 e. The van der Waals surface area contributed by atoms with Crippen LogP contribution in [0.1, 0.15) is 32.6 Å². The first-order valence-corrected chi connectivity index (χ1v) is 11.2. The molecule has 1 heterocycles. The molecule has 1 aliphatic heterocycles. The average molecular weight is 440 g/mol. The maximum atomic E-state index is 13.0. The Labute approximate surface area is 178 Å². The smallest absolute Gasteiger partial charge is 0.293 e. The second kappa shape index (κ2) is 9.28. The van der Waals surface area contributed by atoms with E-state index < -0.39 is 17.0 Å². The van der Waals surface area contributed by atoms with Crippen LogP contribution in [0.15, 0.2) is 35.7 Å². The van der Waals surface area contributed by atoms with Crippen LogP contribution < -0.4 is 5.32 Å². The summed E-state index contributed by atoms with van der Waals surface area (Å²) in [4.78, 5) is 14.9. The van der Waals surface area contributed by atoms with Crippen molar-refractivity contribution in [3.8, 4) is 0 Å². The predicted molar refractivity (Wildman–Crippen MR) is 115 cm³/mol. The van der Waals surface area contributed by atoms with Crippen molar-refractivity contribution in [1.82, 2.24) is 4.90 Å². The van der Waals surface area contributed by atoms with Gasteiger partial charge < -0.3 is 24.9 Å². The SMILES string of the molecule is CC1(CO/C(C(=O)Nc2cccc(Cl)c2)=C(/C=N)N2CCC(S(=O)O)CC2)CC1. The van der Waals surface area contributed by atoms with Crippen LogP contribution in [0.5, 0.6) is 0 Å². The van der Waals surface area contributed by atoms with Crippen LogP contribution in [-0.4, -0.2) is 50.7 Å². The minimum atomic E-state index is -1.86. The Bertz CT molecular complexity index is 833. The van der Waals surface area contributed by atoms with E-state index in [9.17, 15) is 13.6 Å². The number of nitrogens with zero attached hydrogens (tertiary/aromatic N) is 1. The van der Waals surface area contributed by atoms with E-state index in [-0.39, 0.29) is 16.4 Å². The van der Waals surface area contributed by atoms with Crippen LogP contribution in [0.25, 0.3) is 0 Å². The van der Waals surface area contributed by atoms with Gasteiger partial charge >= 0.3 is 0 Å². The van der Waals surface area contributed by atoms with Crippen LogP contribution >= 0.6 is 11.6 Å². The molecular formula is C20H26ClN3O4S. The van der Waals surface area contributed by atoms with Crippen molar-refractivity contribution < 1.29 is 18.3 Å². The summed E-state index contributed by atoms with van der Waals surface area (Å²) >= 11 is 4.14. The van der Waals surface area contributed by atoms with E-state index in [1.165, 1.54) is 0 Å². The number of nitrogens with one attached hydrogen (secondary N) is 2. The van der Waals surface area contributed by atoms with E-state index in [2.05, 4.69) is 12.2 Å². The van der Waals surface area contributed by atoms with Crippen molar-refractivity contribution in [1.29, 1.82) is 5.41 Å². The molecule has 0 radical (unpaired) electrons. The number of likely N-dealkylation sites (tertiary alicyclic amines) is 1. The maximum absolute atomic E-state index is 13.0. The second-order valence-corrected chi connectivity index (χ2v) is 9.54. The van der Waals surface area contributed by atoms with Gasteiger partial charge in [-0.25, -0.2) is 4.21 Å². The van der Waals surface area contributed by atoms with Crippen molar-refractivity contribution in [3.05, 3.63) is 40.7 Å². The van der Waals surface area contributed by atoms with E-state index in [0.29, 0.717) is 48.9 Å². The molecule has 7 nitrogen and oxygen atoms in total. The van der Waals surface area contributed by atoms with Gasteiger partial charge in [-0.15, -0.1) is 0 Å². The molecule has 1 amide bonds. The summed E-state index contributed by atoms with van der Waals surface area (Å²) in [7, 11) is 0. The zero-order valence-corrected chi connectivity index (χ0v) is 17.9. The number of piperidine rings is 1. The Morgan fingerprint density at radius 1 is 1.45 bits per heavy atom. The Kier molecular flexibility index (Phi) is 6.97. The minimum absolute atomic E-state index is 0.0650. The normalized spacial score (nSPS) is 20.4. The van der Waals surface area contributed by atoms with Gasteiger partial charge in [-0.1, -0.05) is 24.6 Å². The predicted octanol–water partition coefficient (Wildman–Crippen LogP) is 3.64. The van der Waals surface area contributed by atoms with Gasteiger partial charge in [0, 0.05) is 35.4 Å². The van der Waals surface area contributed by atoms with Gasteiger partial charge in [0.25, 0.3) is 5.91 Å². The molecule has 1 atom stereocenters. The van der Waals surface area contributed by atoms with Gasteiger partial charge in [-0.05, 0) is 43.9 Å². The number of hydrogen-bond donors (Lipinski definition) is 3. The van der Waals surface area contributed by atoms with Gasteiger partial charge in [0.05, 0.1) is 11.9 Å². The number of rotatable bonds is 8. The molecule has 1 aromatic carbocycles. The average Bonchev–Trinajstić information content (AvgIpc) is 3.42. The first-order valence-electron chi connectivity index (χ1n) is 9.60. The summed E-state index contributed by atoms with van der Waals surface area (Å²) < 4.78 is 26.6. The Morgan fingerprint density at radius 3 is 2.69 bits per heavy atom. The molecular weight excluding hydrogens is 414 g/mol. The Hall–Kier alpha value is -1.90. The molecule has 1 saturated carbocycles. The maximum Gasteiger partial charge on any atom is 0.293 e. The van der Waals surface area contributed by atoms with Crippen LogP contribution in [0.4, 0.5) is 5.69 Å². The number of halogens is 1. The largest absolute Gasteiger partial charge is 0.486 e. The van der Waals surface area contributed by atoms with E-state index >= 15 is 0 Å². The van der Waals surface area contributed by atoms with E-state index in [0.717, 1.165) is 19.1 Å². The molecule has 0 aromatic heterocycles. The fourth-order valence-corrected chi connectivity index (χ4v) is 4.02. The van der Waals surface area contributed by atoms with Gasteiger partial charge in [-0.3, -0.25) is 4.79 Å². The molecule has 0 spiro atoms. The molecule has 1 aromatic rings. The van der Waals surface area contributed by atoms with Gasteiger partial charge in [0.1, 0.15) is 5.70 Å². The van der Waals surface area contributed by atoms with Crippen LogP contribution in [0.3, 0.4) is 0 Å². The van der Waals surface area contributed by atoms with Crippen LogP contribution in [0.2, 0.25) is 5.02 Å². The zero-order chi connectivity index (χ0) is 21.0. The fraction of sp³-hybridized carbons (Fsp3) is 0.500. The lowest BCUT2D eigenvalue weighted by Gasteiger charge is -2.33. The van der Waals surface area contributed by atoms with Crippen LogP contribution in [-0.2, 0) is 20.6 Å². The molecule has 3 rings (SSSR count). The topological polar surface area (TPSA) is 103 Å². The van der Waals surface area contributed by atoms with E-state index in [1.807, 2.05) is 4.90 Å². The highest BCUT2D eigenvalue weighted by Gasteiger charge is 2.39. The first kappa shape index (κ1) is 21.8. The fourth-order valence-electron chi connectivity index (χ4n) is 3.21. The molecule has 2 aliphatic rings. The third kappa shape index (κ3) is 5.81. The van der Waals surface area contributed by atoms with E-state index in [4.69, 9.17) is 21.7 Å². The number of allylic oxidation sites excluding steroid dienone is 1. The Balaban J connectivity index is 1.82. The summed E-state index contributed by atoms with van der Waals surface area (Å²) in [6, 6.07) is 6.84. The third-order valence-corrected chi connectivity index (χ3v) is 6.67. The van der Waals surface area contributed by atoms with Crippen molar-refractivity contribution in [2.45, 2.75) is 37.9 Å². The highest BCUT2D eigenvalue weighted by molar-refractivity contribution is 7.79. The number of amides is 1. The molecule has 9 heteroatoms. The van der Waals surface area contributed by atoms with Gasteiger partial charge in [0.2, 0.25) is 5.76 Å². The quantitative estimate of drug-likeness (QED) is 0.248. The molecule has 2 fully saturated rings.